The van der Waals surface area contributed by atoms with Gasteiger partial charge in [-0.15, -0.1) is 0 Å². The molecule has 0 heterocycles. The molecule has 6 heteroatoms. The van der Waals surface area contributed by atoms with Crippen molar-refractivity contribution in [3.8, 4) is 5.75 Å². The van der Waals surface area contributed by atoms with Crippen molar-refractivity contribution in [2.75, 3.05) is 6.61 Å². The van der Waals surface area contributed by atoms with Gasteiger partial charge in [0.25, 0.3) is 0 Å². The van der Waals surface area contributed by atoms with E-state index in [1.807, 2.05) is 62.4 Å². The Balaban J connectivity index is 2.01. The standard InChI is InChI=1S/C23H29ClN2O3/c1-17(2)25-23(28)18(3)26(16-19-10-7-8-13-21(19)24)22(27)14-9-15-29-20-11-5-4-6-12-20/h4-8,10-13,17-18H,9,14-16H2,1-3H3,(H,25,28). The van der Waals surface area contributed by atoms with E-state index in [0.717, 1.165) is 11.3 Å². The van der Waals surface area contributed by atoms with Crippen LogP contribution >= 0.6 is 11.6 Å². The fraction of sp³-hybridized carbons (Fsp3) is 0.391. The smallest absolute Gasteiger partial charge is 0.242 e. The van der Waals surface area contributed by atoms with Crippen LogP contribution in [0.3, 0.4) is 0 Å². The van der Waals surface area contributed by atoms with Gasteiger partial charge in [-0.1, -0.05) is 48.0 Å². The fourth-order valence-corrected chi connectivity index (χ4v) is 3.07. The average molecular weight is 417 g/mol. The number of halogens is 1. The van der Waals surface area contributed by atoms with Crippen LogP contribution in [0.25, 0.3) is 0 Å². The highest BCUT2D eigenvalue weighted by Gasteiger charge is 2.26. The molecule has 1 N–H and O–H groups in total. The van der Waals surface area contributed by atoms with Crippen LogP contribution in [0.5, 0.6) is 5.75 Å². The summed E-state index contributed by atoms with van der Waals surface area (Å²) in [6, 6.07) is 16.3. The predicted molar refractivity (Wildman–Crippen MR) is 116 cm³/mol. The van der Waals surface area contributed by atoms with Crippen molar-refractivity contribution in [3.63, 3.8) is 0 Å². The number of nitrogens with one attached hydrogen (secondary N) is 1. The second-order valence-electron chi connectivity index (χ2n) is 7.22. The van der Waals surface area contributed by atoms with E-state index in [4.69, 9.17) is 16.3 Å². The summed E-state index contributed by atoms with van der Waals surface area (Å²) in [4.78, 5) is 27.1. The molecule has 0 aliphatic carbocycles. The van der Waals surface area contributed by atoms with Crippen LogP contribution in [0.2, 0.25) is 5.02 Å². The first-order valence-corrected chi connectivity index (χ1v) is 10.3. The normalized spacial score (nSPS) is 11.8. The minimum absolute atomic E-state index is 0.00138. The van der Waals surface area contributed by atoms with Crippen LogP contribution in [0, 0.1) is 0 Å². The van der Waals surface area contributed by atoms with Gasteiger partial charge in [-0.25, -0.2) is 0 Å². The molecule has 2 aromatic carbocycles. The van der Waals surface area contributed by atoms with E-state index in [1.54, 1.807) is 17.9 Å². The molecule has 2 rings (SSSR count). The van der Waals surface area contributed by atoms with E-state index >= 15 is 0 Å². The number of carbonyl (C=O) groups excluding carboxylic acids is 2. The first-order chi connectivity index (χ1) is 13.9. The number of carbonyl (C=O) groups is 2. The molecule has 0 bridgehead atoms. The predicted octanol–water partition coefficient (Wildman–Crippen LogP) is 4.44. The first kappa shape index (κ1) is 22.8. The summed E-state index contributed by atoms with van der Waals surface area (Å²) in [5.41, 5.74) is 0.812. The Morgan fingerprint density at radius 1 is 1.03 bits per heavy atom. The Bertz CT molecular complexity index is 796. The van der Waals surface area contributed by atoms with Gasteiger partial charge in [-0.05, 0) is 51.0 Å². The average Bonchev–Trinajstić information content (AvgIpc) is 2.70. The summed E-state index contributed by atoms with van der Waals surface area (Å²) in [7, 11) is 0. The number of amides is 2. The molecule has 0 radical (unpaired) electrons. The molecule has 5 nitrogen and oxygen atoms in total. The zero-order valence-corrected chi connectivity index (χ0v) is 18.0. The third kappa shape index (κ3) is 7.42. The summed E-state index contributed by atoms with van der Waals surface area (Å²) < 4.78 is 5.66. The minimum Gasteiger partial charge on any atom is -0.494 e. The van der Waals surface area contributed by atoms with Crippen LogP contribution in [0.1, 0.15) is 39.2 Å². The van der Waals surface area contributed by atoms with Gasteiger partial charge in [0.1, 0.15) is 11.8 Å². The number of hydrogen-bond donors (Lipinski definition) is 1. The Hall–Kier alpha value is -2.53. The van der Waals surface area contributed by atoms with Crippen molar-refractivity contribution in [1.82, 2.24) is 10.2 Å². The molecule has 0 aliphatic rings. The topological polar surface area (TPSA) is 58.6 Å². The van der Waals surface area contributed by atoms with Crippen molar-refractivity contribution in [1.29, 1.82) is 0 Å². The van der Waals surface area contributed by atoms with E-state index in [9.17, 15) is 9.59 Å². The Kier molecular flexibility index (Phi) is 9.00. The molecule has 1 unspecified atom stereocenters. The Morgan fingerprint density at radius 2 is 1.69 bits per heavy atom. The van der Waals surface area contributed by atoms with E-state index in [1.165, 1.54) is 0 Å². The maximum atomic E-state index is 12.9. The van der Waals surface area contributed by atoms with Crippen molar-refractivity contribution in [2.45, 2.75) is 52.2 Å². The van der Waals surface area contributed by atoms with Crippen LogP contribution in [-0.4, -0.2) is 35.4 Å². The molecule has 0 aromatic heterocycles. The highest BCUT2D eigenvalue weighted by Crippen LogP contribution is 2.19. The van der Waals surface area contributed by atoms with Crippen LogP contribution in [0.4, 0.5) is 0 Å². The lowest BCUT2D eigenvalue weighted by atomic mass is 10.1. The van der Waals surface area contributed by atoms with E-state index in [0.29, 0.717) is 18.1 Å². The lowest BCUT2D eigenvalue weighted by Crippen LogP contribution is -2.49. The maximum Gasteiger partial charge on any atom is 0.242 e. The molecule has 1 atom stereocenters. The van der Waals surface area contributed by atoms with Crippen molar-refractivity contribution < 1.29 is 14.3 Å². The summed E-state index contributed by atoms with van der Waals surface area (Å²) in [5.74, 6) is 0.492. The van der Waals surface area contributed by atoms with Crippen LogP contribution < -0.4 is 10.1 Å². The Labute approximate surface area is 178 Å². The van der Waals surface area contributed by atoms with E-state index in [-0.39, 0.29) is 30.8 Å². The van der Waals surface area contributed by atoms with Crippen LogP contribution in [-0.2, 0) is 16.1 Å². The molecule has 0 saturated heterocycles. The third-order valence-electron chi connectivity index (χ3n) is 4.44. The number of benzene rings is 2. The Morgan fingerprint density at radius 3 is 2.34 bits per heavy atom. The number of para-hydroxylation sites is 1. The molecule has 0 saturated carbocycles. The number of ether oxygens (including phenoxy) is 1. The molecular weight excluding hydrogens is 388 g/mol. The van der Waals surface area contributed by atoms with Gasteiger partial charge in [0.05, 0.1) is 6.61 Å². The van der Waals surface area contributed by atoms with Gasteiger partial charge in [0.15, 0.2) is 0 Å². The first-order valence-electron chi connectivity index (χ1n) is 9.89. The van der Waals surface area contributed by atoms with Gasteiger partial charge < -0.3 is 15.0 Å². The van der Waals surface area contributed by atoms with Gasteiger partial charge in [-0.2, -0.15) is 0 Å². The third-order valence-corrected chi connectivity index (χ3v) is 4.81. The molecule has 2 aromatic rings. The molecule has 0 aliphatic heterocycles. The summed E-state index contributed by atoms with van der Waals surface area (Å²) >= 11 is 6.28. The maximum absolute atomic E-state index is 12.9. The molecule has 156 valence electrons. The zero-order valence-electron chi connectivity index (χ0n) is 17.2. The van der Waals surface area contributed by atoms with E-state index in [2.05, 4.69) is 5.32 Å². The number of nitrogens with zero attached hydrogens (tertiary/aromatic N) is 1. The fourth-order valence-electron chi connectivity index (χ4n) is 2.87. The summed E-state index contributed by atoms with van der Waals surface area (Å²) in [5, 5.41) is 3.45. The molecule has 29 heavy (non-hydrogen) atoms. The van der Waals surface area contributed by atoms with Crippen molar-refractivity contribution in [3.05, 3.63) is 65.2 Å². The second kappa shape index (κ2) is 11.5. The summed E-state index contributed by atoms with van der Waals surface area (Å²) in [6.07, 6.45) is 0.849. The lowest BCUT2D eigenvalue weighted by Gasteiger charge is -2.29. The SMILES string of the molecule is CC(C)NC(=O)C(C)N(Cc1ccccc1Cl)C(=O)CCCOc1ccccc1. The highest BCUT2D eigenvalue weighted by molar-refractivity contribution is 6.31. The number of hydrogen-bond acceptors (Lipinski definition) is 3. The van der Waals surface area contributed by atoms with Gasteiger partial charge in [-0.3, -0.25) is 9.59 Å². The van der Waals surface area contributed by atoms with Crippen molar-refractivity contribution >= 4 is 23.4 Å². The molecule has 2 amide bonds. The second-order valence-corrected chi connectivity index (χ2v) is 7.62. The number of rotatable bonds is 10. The van der Waals surface area contributed by atoms with Crippen LogP contribution in [0.15, 0.2) is 54.6 Å². The van der Waals surface area contributed by atoms with Crippen molar-refractivity contribution in [2.24, 2.45) is 0 Å². The molecular formula is C23H29ClN2O3. The minimum atomic E-state index is -0.601. The largest absolute Gasteiger partial charge is 0.494 e. The highest BCUT2D eigenvalue weighted by atomic mass is 35.5. The molecule has 0 spiro atoms. The quantitative estimate of drug-likeness (QED) is 0.582. The van der Waals surface area contributed by atoms with Gasteiger partial charge in [0.2, 0.25) is 11.8 Å². The van der Waals surface area contributed by atoms with E-state index < -0.39 is 6.04 Å². The summed E-state index contributed by atoms with van der Waals surface area (Å²) in [6.45, 7) is 6.25. The lowest BCUT2D eigenvalue weighted by molar-refractivity contribution is -0.141. The molecule has 0 fully saturated rings. The zero-order chi connectivity index (χ0) is 21.2. The monoisotopic (exact) mass is 416 g/mol. The van der Waals surface area contributed by atoms with Gasteiger partial charge >= 0.3 is 0 Å². The van der Waals surface area contributed by atoms with Gasteiger partial charge in [0, 0.05) is 24.0 Å².